The molecule has 2 aliphatic rings. The Morgan fingerprint density at radius 2 is 2.00 bits per heavy atom. The van der Waals surface area contributed by atoms with E-state index in [4.69, 9.17) is 4.74 Å². The zero-order valence-corrected chi connectivity index (χ0v) is 11.6. The van der Waals surface area contributed by atoms with Crippen LogP contribution in [-0.2, 0) is 17.7 Å². The van der Waals surface area contributed by atoms with Gasteiger partial charge in [-0.25, -0.2) is 0 Å². The van der Waals surface area contributed by atoms with Crippen LogP contribution in [0.2, 0.25) is 0 Å². The van der Waals surface area contributed by atoms with Crippen LogP contribution < -0.4 is 0 Å². The number of halogens is 1. The topological polar surface area (TPSA) is 12.5 Å². The second-order valence-electron chi connectivity index (χ2n) is 4.98. The summed E-state index contributed by atoms with van der Waals surface area (Å²) in [6.07, 6.45) is 3.59. The van der Waals surface area contributed by atoms with Crippen molar-refractivity contribution in [2.75, 3.05) is 19.8 Å². The van der Waals surface area contributed by atoms with Gasteiger partial charge in [0.2, 0.25) is 0 Å². The molecule has 1 aromatic carbocycles. The maximum Gasteiger partial charge on any atom is 0.0480 e. The van der Waals surface area contributed by atoms with Crippen molar-refractivity contribution in [2.24, 2.45) is 0 Å². The molecular weight excluding hydrogens is 278 g/mol. The summed E-state index contributed by atoms with van der Waals surface area (Å²) in [5, 5.41) is 0. The summed E-state index contributed by atoms with van der Waals surface area (Å²) < 4.78 is 6.64. The van der Waals surface area contributed by atoms with Crippen LogP contribution >= 0.6 is 15.9 Å². The molecule has 17 heavy (non-hydrogen) atoms. The molecule has 0 radical (unpaired) electrons. The fourth-order valence-electron chi connectivity index (χ4n) is 2.91. The monoisotopic (exact) mass is 295 g/mol. The molecule has 0 N–H and O–H groups in total. The fourth-order valence-corrected chi connectivity index (χ4v) is 3.32. The van der Waals surface area contributed by atoms with Crippen LogP contribution in [0.25, 0.3) is 0 Å². The number of rotatable bonds is 1. The Bertz CT molecular complexity index is 401. The molecule has 1 fully saturated rings. The third kappa shape index (κ3) is 2.56. The smallest absolute Gasteiger partial charge is 0.0480 e. The highest BCUT2D eigenvalue weighted by Crippen LogP contribution is 2.26. The van der Waals surface area contributed by atoms with Crippen LogP contribution in [0.15, 0.2) is 22.7 Å². The molecule has 2 aliphatic heterocycles. The second kappa shape index (κ2) is 5.09. The Kier molecular flexibility index (Phi) is 3.50. The molecule has 1 aromatic rings. The SMILES string of the molecule is Brc1ccc2c(c1)CN(C1CCOCC1)CC2. The van der Waals surface area contributed by atoms with Gasteiger partial charge in [-0.15, -0.1) is 0 Å². The number of hydrogen-bond donors (Lipinski definition) is 0. The first kappa shape index (κ1) is 11.7. The van der Waals surface area contributed by atoms with E-state index in [1.807, 2.05) is 0 Å². The summed E-state index contributed by atoms with van der Waals surface area (Å²) >= 11 is 3.57. The summed E-state index contributed by atoms with van der Waals surface area (Å²) in [7, 11) is 0. The van der Waals surface area contributed by atoms with Gasteiger partial charge in [0.25, 0.3) is 0 Å². The van der Waals surface area contributed by atoms with Gasteiger partial charge in [0.05, 0.1) is 0 Å². The molecule has 0 aliphatic carbocycles. The van der Waals surface area contributed by atoms with E-state index in [1.54, 1.807) is 0 Å². The third-order valence-corrected chi connectivity index (χ3v) is 4.41. The third-order valence-electron chi connectivity index (χ3n) is 3.92. The lowest BCUT2D eigenvalue weighted by molar-refractivity contribution is 0.0290. The van der Waals surface area contributed by atoms with Crippen LogP contribution in [0, 0.1) is 0 Å². The number of nitrogens with zero attached hydrogens (tertiary/aromatic N) is 1. The zero-order valence-electron chi connectivity index (χ0n) is 9.99. The maximum atomic E-state index is 5.44. The normalized spacial score (nSPS) is 22.4. The predicted molar refractivity (Wildman–Crippen MR) is 72.1 cm³/mol. The van der Waals surface area contributed by atoms with Gasteiger partial charge in [0.15, 0.2) is 0 Å². The van der Waals surface area contributed by atoms with Crippen molar-refractivity contribution in [3.05, 3.63) is 33.8 Å². The van der Waals surface area contributed by atoms with Crippen molar-refractivity contribution in [1.82, 2.24) is 4.90 Å². The molecule has 2 nitrogen and oxygen atoms in total. The largest absolute Gasteiger partial charge is 0.381 e. The number of hydrogen-bond acceptors (Lipinski definition) is 2. The van der Waals surface area contributed by atoms with Crippen LogP contribution in [0.3, 0.4) is 0 Å². The first-order chi connectivity index (χ1) is 8.33. The van der Waals surface area contributed by atoms with Crippen LogP contribution in [0.4, 0.5) is 0 Å². The van der Waals surface area contributed by atoms with Gasteiger partial charge >= 0.3 is 0 Å². The van der Waals surface area contributed by atoms with Crippen LogP contribution in [0.1, 0.15) is 24.0 Å². The van der Waals surface area contributed by atoms with E-state index in [9.17, 15) is 0 Å². The zero-order chi connectivity index (χ0) is 11.7. The Hall–Kier alpha value is -0.380. The van der Waals surface area contributed by atoms with Gasteiger partial charge in [0, 0.05) is 36.8 Å². The molecule has 92 valence electrons. The molecule has 2 heterocycles. The highest BCUT2D eigenvalue weighted by atomic mass is 79.9. The lowest BCUT2D eigenvalue weighted by Gasteiger charge is -2.37. The first-order valence-electron chi connectivity index (χ1n) is 6.42. The van der Waals surface area contributed by atoms with Crippen molar-refractivity contribution >= 4 is 15.9 Å². The molecule has 3 heteroatoms. The molecule has 1 saturated heterocycles. The van der Waals surface area contributed by atoms with Crippen LogP contribution in [-0.4, -0.2) is 30.7 Å². The summed E-state index contributed by atoms with van der Waals surface area (Å²) in [4.78, 5) is 2.64. The van der Waals surface area contributed by atoms with E-state index in [2.05, 4.69) is 39.0 Å². The Morgan fingerprint density at radius 3 is 2.82 bits per heavy atom. The number of fused-ring (bicyclic) bond motifs is 1. The lowest BCUT2D eigenvalue weighted by Crippen LogP contribution is -2.42. The van der Waals surface area contributed by atoms with Gasteiger partial charge < -0.3 is 4.74 Å². The standard InChI is InChI=1S/C14H18BrNO/c15-13-2-1-11-3-6-16(10-12(11)9-13)14-4-7-17-8-5-14/h1-2,9,14H,3-8,10H2. The minimum absolute atomic E-state index is 0.732. The minimum atomic E-state index is 0.732. The molecule has 0 saturated carbocycles. The number of ether oxygens (including phenoxy) is 1. The summed E-state index contributed by atoms with van der Waals surface area (Å²) in [6, 6.07) is 7.43. The maximum absolute atomic E-state index is 5.44. The van der Waals surface area contributed by atoms with E-state index in [0.717, 1.165) is 25.8 Å². The van der Waals surface area contributed by atoms with E-state index < -0.39 is 0 Å². The molecule has 0 bridgehead atoms. The average Bonchev–Trinajstić information content (AvgIpc) is 2.39. The molecule has 0 atom stereocenters. The Labute approximate surface area is 111 Å². The Morgan fingerprint density at radius 1 is 1.18 bits per heavy atom. The predicted octanol–water partition coefficient (Wildman–Crippen LogP) is 2.99. The summed E-state index contributed by atoms with van der Waals surface area (Å²) in [5.74, 6) is 0. The first-order valence-corrected chi connectivity index (χ1v) is 7.21. The van der Waals surface area contributed by atoms with Gasteiger partial charge in [-0.05, 0) is 42.5 Å². The quantitative estimate of drug-likeness (QED) is 0.790. The summed E-state index contributed by atoms with van der Waals surface area (Å²) in [5.41, 5.74) is 3.02. The van der Waals surface area contributed by atoms with Crippen molar-refractivity contribution < 1.29 is 4.74 Å². The van der Waals surface area contributed by atoms with E-state index in [0.29, 0.717) is 0 Å². The van der Waals surface area contributed by atoms with Gasteiger partial charge in [-0.1, -0.05) is 22.0 Å². The van der Waals surface area contributed by atoms with Crippen molar-refractivity contribution in [3.8, 4) is 0 Å². The van der Waals surface area contributed by atoms with Gasteiger partial charge in [-0.3, -0.25) is 4.90 Å². The van der Waals surface area contributed by atoms with Gasteiger partial charge in [0.1, 0.15) is 0 Å². The van der Waals surface area contributed by atoms with E-state index in [1.165, 1.54) is 41.4 Å². The molecule has 0 amide bonds. The molecule has 3 rings (SSSR count). The van der Waals surface area contributed by atoms with Crippen molar-refractivity contribution in [3.63, 3.8) is 0 Å². The number of benzene rings is 1. The minimum Gasteiger partial charge on any atom is -0.381 e. The van der Waals surface area contributed by atoms with E-state index >= 15 is 0 Å². The fraction of sp³-hybridized carbons (Fsp3) is 0.571. The summed E-state index contributed by atoms with van der Waals surface area (Å²) in [6.45, 7) is 4.19. The Balaban J connectivity index is 1.75. The highest BCUT2D eigenvalue weighted by molar-refractivity contribution is 9.10. The second-order valence-corrected chi connectivity index (χ2v) is 5.89. The molecule has 0 aromatic heterocycles. The highest BCUT2D eigenvalue weighted by Gasteiger charge is 2.25. The van der Waals surface area contributed by atoms with Crippen LogP contribution in [0.5, 0.6) is 0 Å². The average molecular weight is 296 g/mol. The molecule has 0 unspecified atom stereocenters. The van der Waals surface area contributed by atoms with Crippen molar-refractivity contribution in [2.45, 2.75) is 31.8 Å². The molecule has 0 spiro atoms. The van der Waals surface area contributed by atoms with Gasteiger partial charge in [-0.2, -0.15) is 0 Å². The van der Waals surface area contributed by atoms with Crippen molar-refractivity contribution in [1.29, 1.82) is 0 Å². The molecular formula is C14H18BrNO. The van der Waals surface area contributed by atoms with E-state index in [-0.39, 0.29) is 0 Å². The lowest BCUT2D eigenvalue weighted by atomic mass is 9.96.